The second-order valence-electron chi connectivity index (χ2n) is 6.62. The van der Waals surface area contributed by atoms with Crippen molar-refractivity contribution in [2.45, 2.75) is 65.6 Å². The summed E-state index contributed by atoms with van der Waals surface area (Å²) in [7, 11) is 0. The molecular weight excluding hydrogens is 272 g/mol. The predicted molar refractivity (Wildman–Crippen MR) is 81.9 cm³/mol. The van der Waals surface area contributed by atoms with Crippen molar-refractivity contribution in [2.24, 2.45) is 5.92 Å². The molecule has 3 N–H and O–H groups in total. The largest absolute Gasteiger partial charge is 0.444 e. The number of ether oxygens (including phenoxy) is 1. The zero-order chi connectivity index (χ0) is 16.7. The van der Waals surface area contributed by atoms with Crippen molar-refractivity contribution in [3.63, 3.8) is 0 Å². The van der Waals surface area contributed by atoms with Gasteiger partial charge in [-0.05, 0) is 33.6 Å². The van der Waals surface area contributed by atoms with E-state index >= 15 is 0 Å². The van der Waals surface area contributed by atoms with Crippen LogP contribution in [0, 0.1) is 5.92 Å². The van der Waals surface area contributed by atoms with Gasteiger partial charge in [0.05, 0.1) is 5.60 Å². The van der Waals surface area contributed by atoms with Gasteiger partial charge in [-0.3, -0.25) is 4.79 Å². The summed E-state index contributed by atoms with van der Waals surface area (Å²) >= 11 is 0. The standard InChI is InChI=1S/C15H30N2O4/c1-7-11(2)15(6,20)10-17-12(18)8-9-16-13(19)21-14(3,4)5/h11,20H,7-10H2,1-6H3,(H,16,19)(H,17,18). The van der Waals surface area contributed by atoms with Crippen LogP contribution in [0.1, 0.15) is 54.4 Å². The third-order valence-electron chi connectivity index (χ3n) is 3.34. The molecule has 0 fully saturated rings. The van der Waals surface area contributed by atoms with Gasteiger partial charge in [-0.25, -0.2) is 4.79 Å². The van der Waals surface area contributed by atoms with E-state index in [0.717, 1.165) is 6.42 Å². The van der Waals surface area contributed by atoms with Crippen molar-refractivity contribution >= 4 is 12.0 Å². The highest BCUT2D eigenvalue weighted by Crippen LogP contribution is 2.18. The zero-order valence-corrected chi connectivity index (χ0v) is 14.1. The minimum atomic E-state index is -0.928. The first kappa shape index (κ1) is 19.7. The average Bonchev–Trinajstić information content (AvgIpc) is 2.33. The molecule has 21 heavy (non-hydrogen) atoms. The third kappa shape index (κ3) is 9.28. The SMILES string of the molecule is CCC(C)C(C)(O)CNC(=O)CCNC(=O)OC(C)(C)C. The van der Waals surface area contributed by atoms with Crippen molar-refractivity contribution in [3.05, 3.63) is 0 Å². The molecule has 2 amide bonds. The molecule has 0 saturated carbocycles. The van der Waals surface area contributed by atoms with E-state index in [9.17, 15) is 14.7 Å². The topological polar surface area (TPSA) is 87.7 Å². The molecule has 6 heteroatoms. The molecule has 0 rings (SSSR count). The molecule has 0 radical (unpaired) electrons. The van der Waals surface area contributed by atoms with Gasteiger partial charge in [-0.1, -0.05) is 20.3 Å². The van der Waals surface area contributed by atoms with Crippen molar-refractivity contribution < 1.29 is 19.4 Å². The first-order valence-electron chi connectivity index (χ1n) is 7.44. The first-order chi connectivity index (χ1) is 9.48. The summed E-state index contributed by atoms with van der Waals surface area (Å²) in [6, 6.07) is 0. The van der Waals surface area contributed by atoms with Crippen LogP contribution >= 0.6 is 0 Å². The lowest BCUT2D eigenvalue weighted by Crippen LogP contribution is -2.45. The first-order valence-corrected chi connectivity index (χ1v) is 7.44. The van der Waals surface area contributed by atoms with Gasteiger partial charge in [0.25, 0.3) is 0 Å². The van der Waals surface area contributed by atoms with Crippen LogP contribution < -0.4 is 10.6 Å². The molecule has 0 saturated heterocycles. The molecule has 0 spiro atoms. The highest BCUT2D eigenvalue weighted by atomic mass is 16.6. The van der Waals surface area contributed by atoms with E-state index in [1.165, 1.54) is 0 Å². The molecule has 2 atom stereocenters. The van der Waals surface area contributed by atoms with Gasteiger partial charge in [-0.15, -0.1) is 0 Å². The molecule has 124 valence electrons. The molecule has 0 aliphatic carbocycles. The summed E-state index contributed by atoms with van der Waals surface area (Å²) < 4.78 is 5.06. The second-order valence-corrected chi connectivity index (χ2v) is 6.62. The molecule has 0 aromatic rings. The molecule has 0 aromatic heterocycles. The number of hydrogen-bond donors (Lipinski definition) is 3. The Kier molecular flexibility index (Phi) is 7.71. The predicted octanol–water partition coefficient (Wildman–Crippen LogP) is 1.81. The lowest BCUT2D eigenvalue weighted by Gasteiger charge is -2.29. The molecule has 0 aliphatic rings. The van der Waals surface area contributed by atoms with E-state index in [0.29, 0.717) is 0 Å². The number of rotatable bonds is 7. The number of nitrogens with one attached hydrogen (secondary N) is 2. The zero-order valence-electron chi connectivity index (χ0n) is 14.1. The summed E-state index contributed by atoms with van der Waals surface area (Å²) in [6.07, 6.45) is 0.445. The maximum Gasteiger partial charge on any atom is 0.407 e. The Morgan fingerprint density at radius 2 is 1.76 bits per heavy atom. The van der Waals surface area contributed by atoms with Gasteiger partial charge in [0, 0.05) is 19.5 Å². The number of amides is 2. The van der Waals surface area contributed by atoms with Gasteiger partial charge >= 0.3 is 6.09 Å². The van der Waals surface area contributed by atoms with Gasteiger partial charge < -0.3 is 20.5 Å². The van der Waals surface area contributed by atoms with E-state index in [1.54, 1.807) is 27.7 Å². The second kappa shape index (κ2) is 8.22. The van der Waals surface area contributed by atoms with Crippen LogP contribution in [0.3, 0.4) is 0 Å². The Bertz CT molecular complexity index is 348. The number of carbonyl (C=O) groups excluding carboxylic acids is 2. The lowest BCUT2D eigenvalue weighted by atomic mass is 9.88. The van der Waals surface area contributed by atoms with Gasteiger partial charge in [0.15, 0.2) is 0 Å². The quantitative estimate of drug-likeness (QED) is 0.669. The van der Waals surface area contributed by atoms with Crippen molar-refractivity contribution in [2.75, 3.05) is 13.1 Å². The Morgan fingerprint density at radius 1 is 1.19 bits per heavy atom. The fraction of sp³-hybridized carbons (Fsp3) is 0.867. The fourth-order valence-electron chi connectivity index (χ4n) is 1.57. The summed E-state index contributed by atoms with van der Waals surface area (Å²) in [6.45, 7) is 11.4. The Balaban J connectivity index is 3.94. The Morgan fingerprint density at radius 3 is 2.24 bits per heavy atom. The maximum atomic E-state index is 11.7. The van der Waals surface area contributed by atoms with E-state index < -0.39 is 17.3 Å². The Hall–Kier alpha value is -1.30. The maximum absolute atomic E-state index is 11.7. The van der Waals surface area contributed by atoms with E-state index in [-0.39, 0.29) is 31.3 Å². The van der Waals surface area contributed by atoms with E-state index in [2.05, 4.69) is 10.6 Å². The molecule has 0 bridgehead atoms. The highest BCUT2D eigenvalue weighted by Gasteiger charge is 2.27. The van der Waals surface area contributed by atoms with Crippen LogP contribution in [0.15, 0.2) is 0 Å². The normalized spacial score (nSPS) is 15.8. The van der Waals surface area contributed by atoms with Gasteiger partial charge in [0.2, 0.25) is 5.91 Å². The van der Waals surface area contributed by atoms with Crippen LogP contribution in [0.4, 0.5) is 4.79 Å². The minimum Gasteiger partial charge on any atom is -0.444 e. The number of aliphatic hydroxyl groups is 1. The minimum absolute atomic E-state index is 0.0951. The van der Waals surface area contributed by atoms with Crippen LogP contribution in [0.25, 0.3) is 0 Å². The average molecular weight is 302 g/mol. The smallest absolute Gasteiger partial charge is 0.407 e. The molecule has 0 aromatic carbocycles. The van der Waals surface area contributed by atoms with Gasteiger partial charge in [-0.2, -0.15) is 0 Å². The molecule has 0 aliphatic heterocycles. The number of carbonyl (C=O) groups is 2. The Labute approximate surface area is 127 Å². The van der Waals surface area contributed by atoms with Crippen LogP contribution in [0.5, 0.6) is 0 Å². The van der Waals surface area contributed by atoms with Gasteiger partial charge in [0.1, 0.15) is 5.60 Å². The number of hydrogen-bond acceptors (Lipinski definition) is 4. The van der Waals surface area contributed by atoms with Crippen molar-refractivity contribution in [1.82, 2.24) is 10.6 Å². The van der Waals surface area contributed by atoms with Crippen LogP contribution in [-0.2, 0) is 9.53 Å². The van der Waals surface area contributed by atoms with Crippen LogP contribution in [0.2, 0.25) is 0 Å². The summed E-state index contributed by atoms with van der Waals surface area (Å²) in [4.78, 5) is 23.0. The van der Waals surface area contributed by atoms with Crippen molar-refractivity contribution in [3.8, 4) is 0 Å². The van der Waals surface area contributed by atoms with Crippen LogP contribution in [-0.4, -0.2) is 41.4 Å². The highest BCUT2D eigenvalue weighted by molar-refractivity contribution is 5.77. The number of alkyl carbamates (subject to hydrolysis) is 1. The van der Waals surface area contributed by atoms with Crippen molar-refractivity contribution in [1.29, 1.82) is 0 Å². The summed E-state index contributed by atoms with van der Waals surface area (Å²) in [5, 5.41) is 15.4. The molecule has 2 unspecified atom stereocenters. The molecule has 0 heterocycles. The lowest BCUT2D eigenvalue weighted by molar-refractivity contribution is -0.122. The summed E-state index contributed by atoms with van der Waals surface area (Å²) in [5.74, 6) is -0.118. The van der Waals surface area contributed by atoms with E-state index in [1.807, 2.05) is 13.8 Å². The monoisotopic (exact) mass is 302 g/mol. The molecular formula is C15H30N2O4. The molecule has 6 nitrogen and oxygen atoms in total. The van der Waals surface area contributed by atoms with E-state index in [4.69, 9.17) is 4.74 Å². The third-order valence-corrected chi connectivity index (χ3v) is 3.34. The fourth-order valence-corrected chi connectivity index (χ4v) is 1.57. The summed E-state index contributed by atoms with van der Waals surface area (Å²) in [5.41, 5.74) is -1.48.